The van der Waals surface area contributed by atoms with Crippen LogP contribution < -0.4 is 0 Å². The molecule has 2 heterocycles. The average Bonchev–Trinajstić information content (AvgIpc) is 3.02. The second-order valence-electron chi connectivity index (χ2n) is 5.79. The Kier molecular flexibility index (Phi) is 5.86. The molecule has 6 nitrogen and oxygen atoms in total. The van der Waals surface area contributed by atoms with Crippen molar-refractivity contribution in [2.75, 3.05) is 25.4 Å². The molecule has 3 rings (SSSR count). The molecule has 1 saturated heterocycles. The molecular formula is C17H19ClN2O4S. The number of halogens is 1. The Morgan fingerprint density at radius 2 is 2.16 bits per heavy atom. The number of aromatic nitrogens is 1. The molecule has 134 valence electrons. The molecule has 1 aliphatic heterocycles. The highest BCUT2D eigenvalue weighted by atomic mass is 35.5. The minimum Gasteiger partial charge on any atom is -0.466 e. The lowest BCUT2D eigenvalue weighted by molar-refractivity contribution is -0.151. The zero-order valence-electron chi connectivity index (χ0n) is 13.9. The van der Waals surface area contributed by atoms with Crippen molar-refractivity contribution in [2.24, 2.45) is 5.92 Å². The number of carbonyl (C=O) groups excluding carboxylic acids is 2. The van der Waals surface area contributed by atoms with Crippen LogP contribution in [0.3, 0.4) is 0 Å². The van der Waals surface area contributed by atoms with Gasteiger partial charge < -0.3 is 14.1 Å². The summed E-state index contributed by atoms with van der Waals surface area (Å²) in [5.41, 5.74) is 1.33. The van der Waals surface area contributed by atoms with E-state index in [2.05, 4.69) is 4.98 Å². The van der Waals surface area contributed by atoms with Crippen LogP contribution in [0.5, 0.6) is 0 Å². The van der Waals surface area contributed by atoms with Crippen LogP contribution in [0.15, 0.2) is 27.8 Å². The van der Waals surface area contributed by atoms with Crippen molar-refractivity contribution in [3.63, 3.8) is 0 Å². The highest BCUT2D eigenvalue weighted by Gasteiger charge is 2.28. The van der Waals surface area contributed by atoms with Crippen LogP contribution in [0.1, 0.15) is 19.8 Å². The van der Waals surface area contributed by atoms with Crippen LogP contribution in [-0.2, 0) is 14.3 Å². The number of hydrogen-bond donors (Lipinski definition) is 0. The van der Waals surface area contributed by atoms with Crippen molar-refractivity contribution in [2.45, 2.75) is 25.0 Å². The maximum Gasteiger partial charge on any atom is 0.309 e. The Morgan fingerprint density at radius 1 is 1.40 bits per heavy atom. The van der Waals surface area contributed by atoms with Crippen molar-refractivity contribution in [3.05, 3.63) is 23.2 Å². The van der Waals surface area contributed by atoms with Gasteiger partial charge in [-0.15, -0.1) is 0 Å². The van der Waals surface area contributed by atoms with E-state index in [0.717, 1.165) is 0 Å². The normalized spacial score (nSPS) is 15.5. The number of oxazole rings is 1. The van der Waals surface area contributed by atoms with E-state index < -0.39 is 0 Å². The molecule has 1 aromatic heterocycles. The zero-order valence-corrected chi connectivity index (χ0v) is 15.4. The van der Waals surface area contributed by atoms with Gasteiger partial charge in [0.15, 0.2) is 5.58 Å². The molecule has 25 heavy (non-hydrogen) atoms. The number of ether oxygens (including phenoxy) is 1. The molecule has 0 spiro atoms. The van der Waals surface area contributed by atoms with E-state index in [0.29, 0.717) is 53.9 Å². The van der Waals surface area contributed by atoms with Gasteiger partial charge in [-0.25, -0.2) is 4.98 Å². The summed E-state index contributed by atoms with van der Waals surface area (Å²) in [5.74, 6) is 0.0186. The molecule has 0 radical (unpaired) electrons. The Hall–Kier alpha value is -1.73. The molecule has 0 saturated carbocycles. The molecule has 0 atom stereocenters. The topological polar surface area (TPSA) is 72.6 Å². The molecule has 0 N–H and O–H groups in total. The van der Waals surface area contributed by atoms with E-state index in [1.54, 1.807) is 30.0 Å². The Bertz CT molecular complexity index is 771. The van der Waals surface area contributed by atoms with Gasteiger partial charge in [0, 0.05) is 18.1 Å². The maximum absolute atomic E-state index is 12.3. The number of fused-ring (bicyclic) bond motifs is 1. The molecule has 1 amide bonds. The third-order valence-corrected chi connectivity index (χ3v) is 5.16. The summed E-state index contributed by atoms with van der Waals surface area (Å²) in [6.45, 7) is 3.34. The number of carbonyl (C=O) groups is 2. The minimum absolute atomic E-state index is 0.0209. The molecule has 2 aromatic rings. The second kappa shape index (κ2) is 8.10. The van der Waals surface area contributed by atoms with Crippen molar-refractivity contribution in [3.8, 4) is 0 Å². The van der Waals surface area contributed by atoms with Crippen LogP contribution in [-0.4, -0.2) is 47.2 Å². The highest BCUT2D eigenvalue weighted by molar-refractivity contribution is 7.99. The van der Waals surface area contributed by atoms with E-state index in [-0.39, 0.29) is 23.5 Å². The Balaban J connectivity index is 1.50. The molecule has 1 fully saturated rings. The number of rotatable bonds is 5. The van der Waals surface area contributed by atoms with Gasteiger partial charge in [0.25, 0.3) is 5.22 Å². The second-order valence-corrected chi connectivity index (χ2v) is 7.15. The highest BCUT2D eigenvalue weighted by Crippen LogP contribution is 2.26. The molecule has 0 unspecified atom stereocenters. The van der Waals surface area contributed by atoms with E-state index in [1.807, 2.05) is 0 Å². The number of amides is 1. The third kappa shape index (κ3) is 4.46. The lowest BCUT2D eigenvalue weighted by Crippen LogP contribution is -2.41. The van der Waals surface area contributed by atoms with E-state index in [9.17, 15) is 9.59 Å². The number of likely N-dealkylation sites (tertiary alicyclic amines) is 1. The smallest absolute Gasteiger partial charge is 0.309 e. The van der Waals surface area contributed by atoms with Crippen LogP contribution >= 0.6 is 23.4 Å². The number of benzene rings is 1. The van der Waals surface area contributed by atoms with Crippen LogP contribution in [0.25, 0.3) is 11.1 Å². The van der Waals surface area contributed by atoms with Gasteiger partial charge in [0.2, 0.25) is 5.91 Å². The number of hydrogen-bond acceptors (Lipinski definition) is 6. The summed E-state index contributed by atoms with van der Waals surface area (Å²) >= 11 is 7.19. The largest absolute Gasteiger partial charge is 0.466 e. The summed E-state index contributed by atoms with van der Waals surface area (Å²) in [6.07, 6.45) is 1.30. The summed E-state index contributed by atoms with van der Waals surface area (Å²) in [6, 6.07) is 5.23. The monoisotopic (exact) mass is 382 g/mol. The van der Waals surface area contributed by atoms with Gasteiger partial charge in [0.05, 0.1) is 18.3 Å². The molecule has 8 heteroatoms. The van der Waals surface area contributed by atoms with Crippen molar-refractivity contribution in [1.29, 1.82) is 0 Å². The lowest BCUT2D eigenvalue weighted by atomic mass is 9.97. The third-order valence-electron chi connectivity index (χ3n) is 4.12. The predicted molar refractivity (Wildman–Crippen MR) is 95.7 cm³/mol. The Labute approximate surface area is 154 Å². The van der Waals surface area contributed by atoms with E-state index >= 15 is 0 Å². The minimum atomic E-state index is -0.158. The summed E-state index contributed by atoms with van der Waals surface area (Å²) in [4.78, 5) is 30.2. The maximum atomic E-state index is 12.3. The first kappa shape index (κ1) is 18.1. The summed E-state index contributed by atoms with van der Waals surface area (Å²) in [7, 11) is 0. The molecule has 1 aliphatic rings. The fraction of sp³-hybridized carbons (Fsp3) is 0.471. The first-order chi connectivity index (χ1) is 12.1. The standard InChI is InChI=1S/C17H19ClN2O4S/c1-2-23-16(22)11-5-7-20(8-6-11)15(21)10-25-17-19-13-9-12(18)3-4-14(13)24-17/h3-4,9,11H,2,5-8,10H2,1H3. The number of piperidine rings is 1. The fourth-order valence-corrected chi connectivity index (χ4v) is 3.69. The summed E-state index contributed by atoms with van der Waals surface area (Å²) in [5, 5.41) is 1.05. The number of esters is 1. The Morgan fingerprint density at radius 3 is 2.88 bits per heavy atom. The number of nitrogens with zero attached hydrogens (tertiary/aromatic N) is 2. The predicted octanol–water partition coefficient (Wildman–Crippen LogP) is 3.38. The van der Waals surface area contributed by atoms with Gasteiger partial charge in [-0.05, 0) is 38.0 Å². The SMILES string of the molecule is CCOC(=O)C1CCN(C(=O)CSc2nc3cc(Cl)ccc3o2)CC1. The van der Waals surface area contributed by atoms with E-state index in [1.165, 1.54) is 11.8 Å². The van der Waals surface area contributed by atoms with Gasteiger partial charge in [-0.1, -0.05) is 23.4 Å². The van der Waals surface area contributed by atoms with Crippen molar-refractivity contribution in [1.82, 2.24) is 9.88 Å². The van der Waals surface area contributed by atoms with Crippen molar-refractivity contribution < 1.29 is 18.7 Å². The van der Waals surface area contributed by atoms with Crippen LogP contribution in [0.4, 0.5) is 0 Å². The zero-order chi connectivity index (χ0) is 17.8. The quantitative estimate of drug-likeness (QED) is 0.583. The van der Waals surface area contributed by atoms with Gasteiger partial charge in [0.1, 0.15) is 5.52 Å². The molecule has 0 bridgehead atoms. The molecule has 1 aromatic carbocycles. The van der Waals surface area contributed by atoms with E-state index in [4.69, 9.17) is 20.8 Å². The summed E-state index contributed by atoms with van der Waals surface area (Å²) < 4.78 is 10.6. The molecule has 0 aliphatic carbocycles. The first-order valence-corrected chi connectivity index (χ1v) is 9.56. The van der Waals surface area contributed by atoms with Crippen LogP contribution in [0.2, 0.25) is 5.02 Å². The van der Waals surface area contributed by atoms with Gasteiger partial charge >= 0.3 is 5.97 Å². The first-order valence-electron chi connectivity index (χ1n) is 8.20. The average molecular weight is 383 g/mol. The lowest BCUT2D eigenvalue weighted by Gasteiger charge is -2.30. The van der Waals surface area contributed by atoms with Gasteiger partial charge in [-0.3, -0.25) is 9.59 Å². The fourth-order valence-electron chi connectivity index (χ4n) is 2.78. The number of thioether (sulfide) groups is 1. The van der Waals surface area contributed by atoms with Gasteiger partial charge in [-0.2, -0.15) is 0 Å². The van der Waals surface area contributed by atoms with Crippen LogP contribution in [0, 0.1) is 5.92 Å². The van der Waals surface area contributed by atoms with Crippen molar-refractivity contribution >= 4 is 46.3 Å². The molecular weight excluding hydrogens is 364 g/mol.